The molecule has 0 bridgehead atoms. The molecule has 0 unspecified atom stereocenters. The van der Waals surface area contributed by atoms with Gasteiger partial charge >= 0.3 is 34.2 Å². The average Bonchev–Trinajstić information content (AvgIpc) is 2.94. The van der Waals surface area contributed by atoms with Crippen LogP contribution in [0, 0.1) is 0 Å². The third-order valence-corrected chi connectivity index (χ3v) is 32.7. The van der Waals surface area contributed by atoms with Crippen LogP contribution in [0.15, 0.2) is 0 Å². The highest BCUT2D eigenvalue weighted by atomic mass is 28.5. The van der Waals surface area contributed by atoms with Crippen molar-refractivity contribution in [1.29, 1.82) is 0 Å². The lowest BCUT2D eigenvalue weighted by atomic mass is 10.2. The van der Waals surface area contributed by atoms with Crippen molar-refractivity contribution in [2.75, 3.05) is 52.9 Å². The summed E-state index contributed by atoms with van der Waals surface area (Å²) in [6.07, 6.45) is 3.90. The molecule has 0 aromatic heterocycles. The summed E-state index contributed by atoms with van der Waals surface area (Å²) in [5, 5.41) is -1.15. The molecular weight excluding hydrogens is 673 g/mol. The van der Waals surface area contributed by atoms with Crippen LogP contribution in [-0.2, 0) is 35.4 Å². The van der Waals surface area contributed by atoms with Crippen molar-refractivity contribution < 1.29 is 35.4 Å². The molecule has 0 aromatic carbocycles. The van der Waals surface area contributed by atoms with Gasteiger partial charge in [0.15, 0.2) is 0 Å². The van der Waals surface area contributed by atoms with E-state index in [1.165, 1.54) is 0 Å². The molecule has 288 valence electrons. The van der Waals surface area contributed by atoms with Crippen molar-refractivity contribution in [1.82, 2.24) is 0 Å². The molecule has 0 spiro atoms. The summed E-state index contributed by atoms with van der Waals surface area (Å²) in [5.41, 5.74) is 0. The highest BCUT2D eigenvalue weighted by molar-refractivity contribution is 6.97. The Morgan fingerprint density at radius 1 is 0.312 bits per heavy atom. The maximum absolute atomic E-state index is 8.09. The van der Waals surface area contributed by atoms with Crippen LogP contribution in [0.3, 0.4) is 0 Å². The summed E-state index contributed by atoms with van der Waals surface area (Å²) in [5.74, 6) is 0. The monoisotopic (exact) mass is 752 g/mol. The van der Waals surface area contributed by atoms with E-state index in [0.29, 0.717) is 50.6 Å². The van der Waals surface area contributed by atoms with E-state index in [1.54, 1.807) is 0 Å². The highest BCUT2D eigenvalue weighted by Crippen LogP contribution is 2.59. The fourth-order valence-electron chi connectivity index (χ4n) is 6.09. The molecule has 0 saturated carbocycles. The first kappa shape index (κ1) is 46.6. The molecule has 1 heterocycles. The predicted molar refractivity (Wildman–Crippen MR) is 210 cm³/mol. The summed E-state index contributed by atoms with van der Waals surface area (Å²) in [7, 11) is -12.7. The van der Waals surface area contributed by atoms with Gasteiger partial charge in [-0.2, -0.15) is 0 Å². The van der Waals surface area contributed by atoms with Crippen molar-refractivity contribution >= 4 is 34.2 Å². The van der Waals surface area contributed by atoms with Gasteiger partial charge in [-0.3, -0.25) is 0 Å². The smallest absolute Gasteiger partial charge is 0.328 e. The van der Waals surface area contributed by atoms with Crippen molar-refractivity contribution in [3.63, 3.8) is 0 Å². The van der Waals surface area contributed by atoms with Crippen LogP contribution >= 0.6 is 0 Å². The standard InChI is InChI=1S/C36H80O8Si4/c1-17-21-37-25-29-45(33(5,6)7)41-46(34(8,9)10,30-26-38-22-18-2)43-48(36(14,15)16,32-28-40-24-20-4)44-47(42-45,35(11,12)13)31-27-39-23-19-3/h17-32H2,1-16H3. The summed E-state index contributed by atoms with van der Waals surface area (Å²) >= 11 is 0. The van der Waals surface area contributed by atoms with Gasteiger partial charge in [0.25, 0.3) is 0 Å². The van der Waals surface area contributed by atoms with Crippen LogP contribution in [0.1, 0.15) is 136 Å². The lowest BCUT2D eigenvalue weighted by Crippen LogP contribution is -2.77. The van der Waals surface area contributed by atoms with Gasteiger partial charge in [-0.25, -0.2) is 0 Å². The maximum Gasteiger partial charge on any atom is 0.328 e. The normalized spacial score (nSPS) is 28.0. The second-order valence-corrected chi connectivity index (χ2v) is 35.2. The average molecular weight is 753 g/mol. The fraction of sp³-hybridized carbons (Fsp3) is 1.00. The zero-order valence-electron chi connectivity index (χ0n) is 34.6. The van der Waals surface area contributed by atoms with E-state index in [2.05, 4.69) is 111 Å². The topological polar surface area (TPSA) is 73.8 Å². The first-order chi connectivity index (χ1) is 22.1. The molecule has 1 aliphatic rings. The minimum Gasteiger partial charge on any atom is -0.415 e. The molecule has 0 atom stereocenters. The van der Waals surface area contributed by atoms with Gasteiger partial charge in [0, 0.05) is 97.2 Å². The molecular formula is C36H80O8Si4. The third kappa shape index (κ3) is 12.3. The van der Waals surface area contributed by atoms with Crippen molar-refractivity contribution in [2.24, 2.45) is 0 Å². The van der Waals surface area contributed by atoms with E-state index in [9.17, 15) is 0 Å². The van der Waals surface area contributed by atoms with Gasteiger partial charge in [0.2, 0.25) is 0 Å². The van der Waals surface area contributed by atoms with Gasteiger partial charge in [0.05, 0.1) is 0 Å². The lowest BCUT2D eigenvalue weighted by molar-refractivity contribution is 0.104. The van der Waals surface area contributed by atoms with Crippen LogP contribution in [0.4, 0.5) is 0 Å². The Bertz CT molecular complexity index is 740. The molecule has 1 rings (SSSR count). The van der Waals surface area contributed by atoms with Crippen LogP contribution in [0.5, 0.6) is 0 Å². The third-order valence-electron chi connectivity index (χ3n) is 9.59. The lowest BCUT2D eigenvalue weighted by Gasteiger charge is -2.62. The van der Waals surface area contributed by atoms with E-state index in [1.807, 2.05) is 0 Å². The molecule has 1 saturated heterocycles. The van der Waals surface area contributed by atoms with E-state index >= 15 is 0 Å². The van der Waals surface area contributed by atoms with Gasteiger partial charge < -0.3 is 35.4 Å². The molecule has 1 aliphatic heterocycles. The number of rotatable bonds is 20. The number of ether oxygens (including phenoxy) is 4. The van der Waals surface area contributed by atoms with E-state index in [0.717, 1.165) is 52.1 Å². The summed E-state index contributed by atoms with van der Waals surface area (Å²) in [6.45, 7) is 41.5. The zero-order valence-corrected chi connectivity index (χ0v) is 38.6. The summed E-state index contributed by atoms with van der Waals surface area (Å²) < 4.78 is 57.4. The molecule has 0 amide bonds. The van der Waals surface area contributed by atoms with Crippen molar-refractivity contribution in [3.05, 3.63) is 0 Å². The molecule has 0 aliphatic carbocycles. The van der Waals surface area contributed by atoms with Crippen molar-refractivity contribution in [3.8, 4) is 0 Å². The minimum absolute atomic E-state index is 0.287. The van der Waals surface area contributed by atoms with Crippen LogP contribution in [-0.4, -0.2) is 87.1 Å². The molecule has 0 aromatic rings. The SMILES string of the molecule is CCCOCC[Si]1(C(C)(C)C)O[Si](CCOCCC)(C(C)(C)C)O[Si](CCOCCC)(C(C)(C)C)O[Si](CCOCCC)(C(C)(C)C)O1. The molecule has 8 nitrogen and oxygen atoms in total. The Balaban J connectivity index is 4.28. The zero-order chi connectivity index (χ0) is 37.0. The van der Waals surface area contributed by atoms with Crippen molar-refractivity contribution in [2.45, 2.75) is 181 Å². The summed E-state index contributed by atoms with van der Waals surface area (Å²) in [6, 6.07) is 2.87. The summed E-state index contributed by atoms with van der Waals surface area (Å²) in [4.78, 5) is 0. The van der Waals surface area contributed by atoms with Gasteiger partial charge in [-0.05, 0) is 25.7 Å². The first-order valence-corrected chi connectivity index (χ1v) is 27.3. The van der Waals surface area contributed by atoms with Crippen LogP contribution in [0.25, 0.3) is 0 Å². The Morgan fingerprint density at radius 2 is 0.479 bits per heavy atom. The Hall–Kier alpha value is 0.548. The van der Waals surface area contributed by atoms with Gasteiger partial charge in [-0.15, -0.1) is 0 Å². The molecule has 12 heteroatoms. The number of hydrogen-bond donors (Lipinski definition) is 0. The first-order valence-electron chi connectivity index (χ1n) is 19.2. The quantitative estimate of drug-likeness (QED) is 0.0899. The number of hydrogen-bond acceptors (Lipinski definition) is 8. The van der Waals surface area contributed by atoms with Gasteiger partial charge in [-0.1, -0.05) is 111 Å². The highest BCUT2D eigenvalue weighted by Gasteiger charge is 2.71. The second kappa shape index (κ2) is 19.6. The van der Waals surface area contributed by atoms with E-state index in [4.69, 9.17) is 35.4 Å². The fourth-order valence-corrected chi connectivity index (χ4v) is 34.5. The molecule has 48 heavy (non-hydrogen) atoms. The molecule has 0 radical (unpaired) electrons. The second-order valence-electron chi connectivity index (χ2n) is 17.9. The predicted octanol–water partition coefficient (Wildman–Crippen LogP) is 10.7. The minimum atomic E-state index is -3.18. The maximum atomic E-state index is 8.09. The van der Waals surface area contributed by atoms with Crippen LogP contribution in [0.2, 0.25) is 44.3 Å². The molecule has 0 N–H and O–H groups in total. The largest absolute Gasteiger partial charge is 0.415 e. The Kier molecular flexibility index (Phi) is 19.0. The Morgan fingerprint density at radius 3 is 0.604 bits per heavy atom. The molecule has 1 fully saturated rings. The Labute approximate surface area is 302 Å². The van der Waals surface area contributed by atoms with E-state index < -0.39 is 34.2 Å². The van der Waals surface area contributed by atoms with Crippen LogP contribution < -0.4 is 0 Å². The van der Waals surface area contributed by atoms with Gasteiger partial charge in [0.1, 0.15) is 0 Å². The van der Waals surface area contributed by atoms with E-state index in [-0.39, 0.29) is 20.2 Å².